The van der Waals surface area contributed by atoms with Crippen molar-refractivity contribution in [2.24, 2.45) is 17.3 Å². The molecule has 0 radical (unpaired) electrons. The van der Waals surface area contributed by atoms with Gasteiger partial charge < -0.3 is 4.74 Å². The molecule has 0 spiro atoms. The molecule has 3 atom stereocenters. The Morgan fingerprint density at radius 1 is 1.62 bits per heavy atom. The molecule has 0 aromatic heterocycles. The average molecular weight is 180 g/mol. The van der Waals surface area contributed by atoms with Crippen molar-refractivity contribution < 1.29 is 9.53 Å². The minimum Gasteiger partial charge on any atom is -0.469 e. The van der Waals surface area contributed by atoms with Crippen molar-refractivity contribution in [1.82, 2.24) is 0 Å². The summed E-state index contributed by atoms with van der Waals surface area (Å²) in [5, 5.41) is 0. The highest BCUT2D eigenvalue weighted by Crippen LogP contribution is 2.54. The monoisotopic (exact) mass is 180 g/mol. The second-order valence-corrected chi connectivity index (χ2v) is 4.19. The molecule has 0 aromatic rings. The van der Waals surface area contributed by atoms with Crippen LogP contribution in [0.15, 0.2) is 12.2 Å². The molecule has 2 aliphatic carbocycles. The first-order valence-corrected chi connectivity index (χ1v) is 4.99. The molecule has 0 N–H and O–H groups in total. The summed E-state index contributed by atoms with van der Waals surface area (Å²) in [6, 6.07) is 0. The van der Waals surface area contributed by atoms with Gasteiger partial charge in [-0.3, -0.25) is 4.79 Å². The Morgan fingerprint density at radius 2 is 2.38 bits per heavy atom. The molecule has 0 heterocycles. The number of hydrogen-bond acceptors (Lipinski definition) is 2. The van der Waals surface area contributed by atoms with E-state index in [-0.39, 0.29) is 11.4 Å². The average Bonchev–Trinajstić information content (AvgIpc) is 2.75. The van der Waals surface area contributed by atoms with E-state index in [1.807, 2.05) is 0 Å². The number of methoxy groups -OCH3 is 1. The lowest BCUT2D eigenvalue weighted by Gasteiger charge is -2.31. The van der Waals surface area contributed by atoms with Gasteiger partial charge in [0.25, 0.3) is 0 Å². The van der Waals surface area contributed by atoms with Crippen molar-refractivity contribution >= 4 is 5.97 Å². The van der Waals surface area contributed by atoms with Crippen LogP contribution in [0.4, 0.5) is 0 Å². The van der Waals surface area contributed by atoms with Crippen LogP contribution in [0.1, 0.15) is 26.2 Å². The highest BCUT2D eigenvalue weighted by atomic mass is 16.5. The predicted octanol–water partition coefficient (Wildman–Crippen LogP) is 2.15. The van der Waals surface area contributed by atoms with Gasteiger partial charge in [0.05, 0.1) is 12.5 Å². The maximum absolute atomic E-state index is 11.7. The number of esters is 1. The van der Waals surface area contributed by atoms with Crippen molar-refractivity contribution in [3.05, 3.63) is 12.2 Å². The fourth-order valence-corrected chi connectivity index (χ4v) is 2.94. The number of carbonyl (C=O) groups excluding carboxylic acids is 1. The van der Waals surface area contributed by atoms with E-state index in [2.05, 4.69) is 19.1 Å². The van der Waals surface area contributed by atoms with Crippen molar-refractivity contribution in [1.29, 1.82) is 0 Å². The maximum Gasteiger partial charge on any atom is 0.312 e. The van der Waals surface area contributed by atoms with Gasteiger partial charge in [0.2, 0.25) is 0 Å². The largest absolute Gasteiger partial charge is 0.469 e. The van der Waals surface area contributed by atoms with Crippen LogP contribution in [-0.4, -0.2) is 13.1 Å². The molecule has 0 aliphatic heterocycles. The summed E-state index contributed by atoms with van der Waals surface area (Å²) >= 11 is 0. The third-order valence-electron chi connectivity index (χ3n) is 3.73. The molecule has 2 rings (SSSR count). The molecule has 1 saturated carbocycles. The van der Waals surface area contributed by atoms with Crippen molar-refractivity contribution in [3.8, 4) is 0 Å². The summed E-state index contributed by atoms with van der Waals surface area (Å²) in [7, 11) is 1.50. The first kappa shape index (κ1) is 8.79. The van der Waals surface area contributed by atoms with Crippen LogP contribution < -0.4 is 0 Å². The Kier molecular flexibility index (Phi) is 1.94. The second kappa shape index (κ2) is 2.86. The van der Waals surface area contributed by atoms with E-state index < -0.39 is 0 Å². The number of fused-ring (bicyclic) bond motifs is 2. The molecule has 2 unspecified atom stereocenters. The Balaban J connectivity index is 2.27. The lowest BCUT2D eigenvalue weighted by Crippen LogP contribution is -2.35. The number of carbonyl (C=O) groups is 1. The lowest BCUT2D eigenvalue weighted by atomic mass is 9.74. The number of hydrogen-bond donors (Lipinski definition) is 0. The van der Waals surface area contributed by atoms with Gasteiger partial charge in [-0.05, 0) is 31.1 Å². The van der Waals surface area contributed by atoms with Crippen molar-refractivity contribution in [3.63, 3.8) is 0 Å². The zero-order valence-electron chi connectivity index (χ0n) is 8.25. The highest BCUT2D eigenvalue weighted by Gasteiger charge is 2.52. The van der Waals surface area contributed by atoms with Gasteiger partial charge in [-0.1, -0.05) is 19.1 Å². The van der Waals surface area contributed by atoms with Gasteiger partial charge in [-0.2, -0.15) is 0 Å². The van der Waals surface area contributed by atoms with E-state index >= 15 is 0 Å². The van der Waals surface area contributed by atoms with E-state index in [0.29, 0.717) is 11.8 Å². The fraction of sp³-hybridized carbons (Fsp3) is 0.727. The first-order valence-electron chi connectivity index (χ1n) is 4.99. The normalized spacial score (nSPS) is 41.1. The predicted molar refractivity (Wildman–Crippen MR) is 50.1 cm³/mol. The zero-order valence-corrected chi connectivity index (χ0v) is 8.25. The molecule has 2 nitrogen and oxygen atoms in total. The molecule has 1 fully saturated rings. The number of ether oxygens (including phenoxy) is 1. The molecule has 0 amide bonds. The van der Waals surface area contributed by atoms with Crippen LogP contribution in [-0.2, 0) is 9.53 Å². The van der Waals surface area contributed by atoms with Gasteiger partial charge in [0, 0.05) is 0 Å². The van der Waals surface area contributed by atoms with Crippen LogP contribution >= 0.6 is 0 Å². The maximum atomic E-state index is 11.7. The minimum absolute atomic E-state index is 0.00755. The molecule has 2 heteroatoms. The van der Waals surface area contributed by atoms with Crippen LogP contribution in [0, 0.1) is 17.3 Å². The first-order chi connectivity index (χ1) is 6.23. The second-order valence-electron chi connectivity index (χ2n) is 4.19. The van der Waals surface area contributed by atoms with Gasteiger partial charge in [0.15, 0.2) is 0 Å². The van der Waals surface area contributed by atoms with Gasteiger partial charge in [-0.25, -0.2) is 0 Å². The van der Waals surface area contributed by atoms with Crippen LogP contribution in [0.25, 0.3) is 0 Å². The van der Waals surface area contributed by atoms with Crippen LogP contribution in [0.3, 0.4) is 0 Å². The third-order valence-corrected chi connectivity index (χ3v) is 3.73. The van der Waals surface area contributed by atoms with Gasteiger partial charge in [-0.15, -0.1) is 0 Å². The molecular weight excluding hydrogens is 164 g/mol. The molecule has 13 heavy (non-hydrogen) atoms. The molecular formula is C11H16O2. The molecule has 72 valence electrons. The summed E-state index contributed by atoms with van der Waals surface area (Å²) in [4.78, 5) is 11.7. The summed E-state index contributed by atoms with van der Waals surface area (Å²) in [5.74, 6) is 1.06. The summed E-state index contributed by atoms with van der Waals surface area (Å²) in [6.45, 7) is 2.09. The smallest absolute Gasteiger partial charge is 0.312 e. The SMILES string of the molecule is CC[C@@]1(C(=O)OC)CC2C=CC1C2. The summed E-state index contributed by atoms with van der Waals surface area (Å²) < 4.78 is 4.91. The van der Waals surface area contributed by atoms with E-state index in [4.69, 9.17) is 4.74 Å². The molecule has 2 bridgehead atoms. The topological polar surface area (TPSA) is 26.3 Å². The highest BCUT2D eigenvalue weighted by molar-refractivity contribution is 5.78. The minimum atomic E-state index is -0.186. The van der Waals surface area contributed by atoms with Gasteiger partial charge in [0.1, 0.15) is 0 Å². The Hall–Kier alpha value is -0.790. The molecule has 0 saturated heterocycles. The molecule has 2 aliphatic rings. The van der Waals surface area contributed by atoms with Crippen LogP contribution in [0.2, 0.25) is 0 Å². The van der Waals surface area contributed by atoms with Crippen molar-refractivity contribution in [2.45, 2.75) is 26.2 Å². The standard InChI is InChI=1S/C11H16O2/c1-3-11(10(12)13-2)7-8-4-5-9(11)6-8/h4-5,8-9H,3,6-7H2,1-2H3/t8?,9?,11-/m1/s1. The zero-order chi connectivity index (χ0) is 9.47. The Labute approximate surface area is 79.0 Å². The Morgan fingerprint density at radius 3 is 2.77 bits per heavy atom. The summed E-state index contributed by atoms with van der Waals surface area (Å²) in [5.41, 5.74) is -0.186. The quantitative estimate of drug-likeness (QED) is 0.481. The summed E-state index contributed by atoms with van der Waals surface area (Å²) in [6.07, 6.45) is 7.52. The Bertz CT molecular complexity index is 257. The van der Waals surface area contributed by atoms with E-state index in [0.717, 1.165) is 19.3 Å². The fourth-order valence-electron chi connectivity index (χ4n) is 2.94. The molecule has 0 aromatic carbocycles. The van der Waals surface area contributed by atoms with Crippen LogP contribution in [0.5, 0.6) is 0 Å². The van der Waals surface area contributed by atoms with E-state index in [9.17, 15) is 4.79 Å². The van der Waals surface area contributed by atoms with E-state index in [1.165, 1.54) is 7.11 Å². The number of allylic oxidation sites excluding steroid dienone is 2. The van der Waals surface area contributed by atoms with E-state index in [1.54, 1.807) is 0 Å². The third kappa shape index (κ3) is 1.04. The number of rotatable bonds is 2. The lowest BCUT2D eigenvalue weighted by molar-refractivity contribution is -0.154. The van der Waals surface area contributed by atoms with Crippen molar-refractivity contribution in [2.75, 3.05) is 7.11 Å². The van der Waals surface area contributed by atoms with Gasteiger partial charge >= 0.3 is 5.97 Å².